The quantitative estimate of drug-likeness (QED) is 0.914. The number of piperidine rings is 1. The SMILES string of the molecule is CN1CCCCC1CNCc1ccc2ccccc2c1. The number of hydrogen-bond donors (Lipinski definition) is 1. The van der Waals surface area contributed by atoms with Crippen LogP contribution >= 0.6 is 0 Å². The van der Waals surface area contributed by atoms with Crippen LogP contribution in [0.4, 0.5) is 0 Å². The first-order valence-corrected chi connectivity index (χ1v) is 7.71. The van der Waals surface area contributed by atoms with Gasteiger partial charge in [0.2, 0.25) is 0 Å². The van der Waals surface area contributed by atoms with E-state index in [-0.39, 0.29) is 0 Å². The van der Waals surface area contributed by atoms with E-state index in [9.17, 15) is 0 Å². The van der Waals surface area contributed by atoms with Gasteiger partial charge in [0.1, 0.15) is 0 Å². The second-order valence-electron chi connectivity index (χ2n) is 5.94. The second kappa shape index (κ2) is 6.38. The van der Waals surface area contributed by atoms with Crippen LogP contribution in [0, 0.1) is 0 Å². The monoisotopic (exact) mass is 268 g/mol. The molecule has 2 aromatic rings. The van der Waals surface area contributed by atoms with Crippen molar-refractivity contribution < 1.29 is 0 Å². The van der Waals surface area contributed by atoms with E-state index in [0.29, 0.717) is 6.04 Å². The third kappa shape index (κ3) is 3.20. The van der Waals surface area contributed by atoms with Gasteiger partial charge in [0, 0.05) is 19.1 Å². The molecule has 1 saturated heterocycles. The molecule has 1 N–H and O–H groups in total. The van der Waals surface area contributed by atoms with E-state index in [1.165, 1.54) is 42.1 Å². The maximum atomic E-state index is 3.62. The predicted octanol–water partition coefficient (Wildman–Crippen LogP) is 3.41. The zero-order chi connectivity index (χ0) is 13.8. The van der Waals surface area contributed by atoms with Crippen LogP contribution in [0.5, 0.6) is 0 Å². The zero-order valence-corrected chi connectivity index (χ0v) is 12.3. The Morgan fingerprint density at radius 3 is 2.80 bits per heavy atom. The van der Waals surface area contributed by atoms with Gasteiger partial charge in [0.25, 0.3) is 0 Å². The Balaban J connectivity index is 1.56. The number of hydrogen-bond acceptors (Lipinski definition) is 2. The number of likely N-dealkylation sites (tertiary alicyclic amines) is 1. The summed E-state index contributed by atoms with van der Waals surface area (Å²) in [4.78, 5) is 2.50. The van der Waals surface area contributed by atoms with E-state index in [4.69, 9.17) is 0 Å². The summed E-state index contributed by atoms with van der Waals surface area (Å²) in [7, 11) is 2.25. The molecule has 0 amide bonds. The standard InChI is InChI=1S/C18H24N2/c1-20-11-5-4-8-18(20)14-19-13-15-9-10-16-6-2-3-7-17(16)12-15/h2-3,6-7,9-10,12,18-19H,4-5,8,11,13-14H2,1H3. The van der Waals surface area contributed by atoms with Crippen molar-refractivity contribution in [2.75, 3.05) is 20.1 Å². The van der Waals surface area contributed by atoms with E-state index in [1.807, 2.05) is 0 Å². The van der Waals surface area contributed by atoms with Gasteiger partial charge in [-0.05, 0) is 48.8 Å². The smallest absolute Gasteiger partial charge is 0.0217 e. The molecule has 106 valence electrons. The fourth-order valence-electron chi connectivity index (χ4n) is 3.13. The van der Waals surface area contributed by atoms with Gasteiger partial charge in [0.15, 0.2) is 0 Å². The Kier molecular flexibility index (Phi) is 4.34. The average molecular weight is 268 g/mol. The average Bonchev–Trinajstić information content (AvgIpc) is 2.49. The van der Waals surface area contributed by atoms with Crippen LogP contribution in [0.25, 0.3) is 10.8 Å². The summed E-state index contributed by atoms with van der Waals surface area (Å²) in [6.07, 6.45) is 4.07. The van der Waals surface area contributed by atoms with Crippen molar-refractivity contribution in [2.24, 2.45) is 0 Å². The Labute approximate surface area is 121 Å². The van der Waals surface area contributed by atoms with Crippen LogP contribution in [-0.2, 0) is 6.54 Å². The Morgan fingerprint density at radius 1 is 1.10 bits per heavy atom. The molecular formula is C18H24N2. The predicted molar refractivity (Wildman–Crippen MR) is 85.9 cm³/mol. The summed E-state index contributed by atoms with van der Waals surface area (Å²) in [6.45, 7) is 3.32. The maximum Gasteiger partial charge on any atom is 0.0217 e. The van der Waals surface area contributed by atoms with E-state index in [1.54, 1.807) is 0 Å². The van der Waals surface area contributed by atoms with Gasteiger partial charge >= 0.3 is 0 Å². The molecule has 0 aliphatic carbocycles. The van der Waals surface area contributed by atoms with Crippen LogP contribution in [0.3, 0.4) is 0 Å². The number of nitrogens with one attached hydrogen (secondary N) is 1. The van der Waals surface area contributed by atoms with Crippen molar-refractivity contribution in [1.29, 1.82) is 0 Å². The van der Waals surface area contributed by atoms with E-state index < -0.39 is 0 Å². The molecule has 1 heterocycles. The maximum absolute atomic E-state index is 3.62. The molecule has 1 fully saturated rings. The molecule has 1 atom stereocenters. The van der Waals surface area contributed by atoms with Crippen LogP contribution in [-0.4, -0.2) is 31.1 Å². The summed E-state index contributed by atoms with van der Waals surface area (Å²) in [6, 6.07) is 16.0. The summed E-state index contributed by atoms with van der Waals surface area (Å²) in [5, 5.41) is 6.28. The lowest BCUT2D eigenvalue weighted by molar-refractivity contribution is 0.181. The first-order chi connectivity index (χ1) is 9.83. The van der Waals surface area contributed by atoms with Gasteiger partial charge in [-0.1, -0.05) is 42.8 Å². The molecule has 1 aliphatic heterocycles. The number of rotatable bonds is 4. The Hall–Kier alpha value is -1.38. The van der Waals surface area contributed by atoms with Gasteiger partial charge in [-0.15, -0.1) is 0 Å². The third-order valence-electron chi connectivity index (χ3n) is 4.44. The van der Waals surface area contributed by atoms with E-state index >= 15 is 0 Å². The molecule has 0 saturated carbocycles. The molecule has 2 aromatic carbocycles. The fraction of sp³-hybridized carbons (Fsp3) is 0.444. The lowest BCUT2D eigenvalue weighted by Crippen LogP contribution is -2.42. The molecule has 0 spiro atoms. The fourth-order valence-corrected chi connectivity index (χ4v) is 3.13. The number of benzene rings is 2. The molecule has 0 bridgehead atoms. The largest absolute Gasteiger partial charge is 0.311 e. The van der Waals surface area contributed by atoms with Gasteiger partial charge in [0.05, 0.1) is 0 Å². The molecule has 2 nitrogen and oxygen atoms in total. The summed E-state index contributed by atoms with van der Waals surface area (Å²) in [5.41, 5.74) is 1.38. The lowest BCUT2D eigenvalue weighted by Gasteiger charge is -2.32. The van der Waals surface area contributed by atoms with Crippen molar-refractivity contribution in [3.63, 3.8) is 0 Å². The number of likely N-dealkylation sites (N-methyl/N-ethyl adjacent to an activating group) is 1. The minimum Gasteiger partial charge on any atom is -0.311 e. The Morgan fingerprint density at radius 2 is 1.95 bits per heavy atom. The highest BCUT2D eigenvalue weighted by molar-refractivity contribution is 5.82. The van der Waals surface area contributed by atoms with Gasteiger partial charge in [-0.3, -0.25) is 0 Å². The van der Waals surface area contributed by atoms with Crippen LogP contribution in [0.15, 0.2) is 42.5 Å². The first-order valence-electron chi connectivity index (χ1n) is 7.71. The van der Waals surface area contributed by atoms with Gasteiger partial charge < -0.3 is 10.2 Å². The van der Waals surface area contributed by atoms with Crippen LogP contribution in [0.1, 0.15) is 24.8 Å². The molecule has 2 heteroatoms. The van der Waals surface area contributed by atoms with Gasteiger partial charge in [-0.2, -0.15) is 0 Å². The molecule has 0 radical (unpaired) electrons. The molecule has 1 aliphatic rings. The topological polar surface area (TPSA) is 15.3 Å². The molecule has 3 rings (SSSR count). The van der Waals surface area contributed by atoms with Gasteiger partial charge in [-0.25, -0.2) is 0 Å². The molecule has 0 aromatic heterocycles. The molecule has 1 unspecified atom stereocenters. The minimum atomic E-state index is 0.712. The van der Waals surface area contributed by atoms with Crippen molar-refractivity contribution >= 4 is 10.8 Å². The van der Waals surface area contributed by atoms with Crippen LogP contribution in [0.2, 0.25) is 0 Å². The van der Waals surface area contributed by atoms with Crippen LogP contribution < -0.4 is 5.32 Å². The zero-order valence-electron chi connectivity index (χ0n) is 12.3. The third-order valence-corrected chi connectivity index (χ3v) is 4.44. The normalized spacial score (nSPS) is 20.4. The second-order valence-corrected chi connectivity index (χ2v) is 5.94. The molecule has 20 heavy (non-hydrogen) atoms. The number of nitrogens with zero attached hydrogens (tertiary/aromatic N) is 1. The highest BCUT2D eigenvalue weighted by Gasteiger charge is 2.17. The van der Waals surface area contributed by atoms with E-state index in [0.717, 1.165) is 13.1 Å². The van der Waals surface area contributed by atoms with E-state index in [2.05, 4.69) is 59.7 Å². The Bertz CT molecular complexity index is 564. The van der Waals surface area contributed by atoms with Crippen molar-refractivity contribution in [2.45, 2.75) is 31.8 Å². The summed E-state index contributed by atoms with van der Waals surface area (Å²) in [5.74, 6) is 0. The minimum absolute atomic E-state index is 0.712. The highest BCUT2D eigenvalue weighted by atomic mass is 15.2. The summed E-state index contributed by atoms with van der Waals surface area (Å²) >= 11 is 0. The molecular weight excluding hydrogens is 244 g/mol. The number of fused-ring (bicyclic) bond motifs is 1. The van der Waals surface area contributed by atoms with Crippen molar-refractivity contribution in [1.82, 2.24) is 10.2 Å². The lowest BCUT2D eigenvalue weighted by atomic mass is 10.0. The summed E-state index contributed by atoms with van der Waals surface area (Å²) < 4.78 is 0. The van der Waals surface area contributed by atoms with Crippen molar-refractivity contribution in [3.8, 4) is 0 Å². The highest BCUT2D eigenvalue weighted by Crippen LogP contribution is 2.16. The first kappa shape index (κ1) is 13.6. The van der Waals surface area contributed by atoms with Crippen molar-refractivity contribution in [3.05, 3.63) is 48.0 Å².